The van der Waals surface area contributed by atoms with Crippen molar-refractivity contribution in [1.82, 2.24) is 0 Å². The zero-order valence-electron chi connectivity index (χ0n) is 18.9. The molecule has 2 N–H and O–H groups in total. The first-order valence-corrected chi connectivity index (χ1v) is 12.4. The maximum absolute atomic E-state index is 12.8. The normalized spacial score (nSPS) is 12.0. The number of hydrogen-bond acceptors (Lipinski definition) is 6. The second-order valence-corrected chi connectivity index (χ2v) is 9.95. The molecule has 3 rings (SSSR count). The first-order valence-electron chi connectivity index (χ1n) is 10.7. The molecule has 9 nitrogen and oxygen atoms in total. The van der Waals surface area contributed by atoms with Gasteiger partial charge >= 0.3 is 5.97 Å². The third-order valence-corrected chi connectivity index (χ3v) is 7.21. The molecule has 0 aliphatic rings. The topological polar surface area (TPSA) is 144 Å². The average Bonchev–Trinajstić information content (AvgIpc) is 2.83. The Bertz CT molecular complexity index is 1360. The van der Waals surface area contributed by atoms with Crippen molar-refractivity contribution >= 4 is 27.4 Å². The minimum Gasteiger partial charge on any atom is -0.478 e. The summed E-state index contributed by atoms with van der Waals surface area (Å²) in [6.07, 6.45) is 0.192. The van der Waals surface area contributed by atoms with E-state index in [1.807, 2.05) is 0 Å². The average molecular weight is 497 g/mol. The Balaban J connectivity index is 1.76. The number of nitrogens with zero attached hydrogens (tertiary/aromatic N) is 1. The molecule has 3 aromatic rings. The zero-order chi connectivity index (χ0) is 25.6. The number of amides is 1. The fourth-order valence-corrected chi connectivity index (χ4v) is 5.02. The Morgan fingerprint density at radius 3 is 2.26 bits per heavy atom. The van der Waals surface area contributed by atoms with Crippen molar-refractivity contribution < 1.29 is 28.0 Å². The standard InChI is InChI=1S/C25H24N2O7S/c1-17(27(31)32)22-13-11-19(25(29)30)15-23(22)26-24(28)14-12-18-7-5-6-8-20(18)16-35(33,34)21-9-3-2-4-10-21/h2-11,13,15,17H,12,14,16H2,1H3,(H,26,28)(H,29,30). The number of hydrogen-bond donors (Lipinski definition) is 2. The van der Waals surface area contributed by atoms with Crippen molar-refractivity contribution in [2.24, 2.45) is 0 Å². The van der Waals surface area contributed by atoms with Crippen molar-refractivity contribution in [3.05, 3.63) is 105 Å². The van der Waals surface area contributed by atoms with E-state index in [0.29, 0.717) is 11.1 Å². The van der Waals surface area contributed by atoms with Crippen LogP contribution in [0.1, 0.15) is 46.4 Å². The third kappa shape index (κ3) is 6.51. The molecule has 0 bridgehead atoms. The SMILES string of the molecule is CC(c1ccc(C(=O)O)cc1NC(=O)CCc1ccccc1CS(=O)(=O)c1ccccc1)[N+](=O)[O-]. The summed E-state index contributed by atoms with van der Waals surface area (Å²) in [5.41, 5.74) is 1.37. The van der Waals surface area contributed by atoms with E-state index in [1.165, 1.54) is 37.3 Å². The highest BCUT2D eigenvalue weighted by molar-refractivity contribution is 7.90. The molecule has 1 amide bonds. The number of carboxylic acid groups (broad SMARTS) is 1. The Kier molecular flexibility index (Phi) is 7.98. The second-order valence-electron chi connectivity index (χ2n) is 7.96. The van der Waals surface area contributed by atoms with E-state index in [9.17, 15) is 33.2 Å². The smallest absolute Gasteiger partial charge is 0.335 e. The summed E-state index contributed by atoms with van der Waals surface area (Å²) in [4.78, 5) is 34.9. The summed E-state index contributed by atoms with van der Waals surface area (Å²) >= 11 is 0. The van der Waals surface area contributed by atoms with Crippen LogP contribution in [0.25, 0.3) is 0 Å². The monoisotopic (exact) mass is 496 g/mol. The number of benzene rings is 3. The summed E-state index contributed by atoms with van der Waals surface area (Å²) in [6, 6.07) is 17.6. The molecule has 0 spiro atoms. The number of nitro groups is 1. The number of aryl methyl sites for hydroxylation is 1. The number of carbonyl (C=O) groups is 2. The third-order valence-electron chi connectivity index (χ3n) is 5.53. The van der Waals surface area contributed by atoms with Crippen LogP contribution in [0.3, 0.4) is 0 Å². The number of carboxylic acids is 1. The van der Waals surface area contributed by atoms with Gasteiger partial charge in [0.2, 0.25) is 11.9 Å². The van der Waals surface area contributed by atoms with Gasteiger partial charge in [0.15, 0.2) is 9.84 Å². The molecule has 182 valence electrons. The Morgan fingerprint density at radius 1 is 1.00 bits per heavy atom. The maximum Gasteiger partial charge on any atom is 0.335 e. The van der Waals surface area contributed by atoms with Crippen molar-refractivity contribution in [3.63, 3.8) is 0 Å². The fourth-order valence-electron chi connectivity index (χ4n) is 3.59. The minimum absolute atomic E-state index is 0.0357. The molecule has 3 aromatic carbocycles. The van der Waals surface area contributed by atoms with Crippen LogP contribution in [-0.2, 0) is 26.8 Å². The molecule has 1 unspecified atom stereocenters. The summed E-state index contributed by atoms with van der Waals surface area (Å²) in [6.45, 7) is 1.34. The van der Waals surface area contributed by atoms with Crippen LogP contribution in [0, 0.1) is 10.1 Å². The summed E-state index contributed by atoms with van der Waals surface area (Å²) < 4.78 is 25.6. The van der Waals surface area contributed by atoms with Crippen molar-refractivity contribution in [1.29, 1.82) is 0 Å². The van der Waals surface area contributed by atoms with Gasteiger partial charge in [-0.25, -0.2) is 13.2 Å². The lowest BCUT2D eigenvalue weighted by Crippen LogP contribution is -2.17. The van der Waals surface area contributed by atoms with Crippen LogP contribution in [-0.4, -0.2) is 30.3 Å². The lowest BCUT2D eigenvalue weighted by molar-refractivity contribution is -0.524. The molecule has 0 fully saturated rings. The Labute approximate surface area is 202 Å². The molecule has 0 saturated carbocycles. The number of nitrogens with one attached hydrogen (secondary N) is 1. The van der Waals surface area contributed by atoms with Crippen molar-refractivity contribution in [3.8, 4) is 0 Å². The van der Waals surface area contributed by atoms with Gasteiger partial charge in [0.25, 0.3) is 0 Å². The van der Waals surface area contributed by atoms with E-state index >= 15 is 0 Å². The van der Waals surface area contributed by atoms with Gasteiger partial charge in [-0.1, -0.05) is 42.5 Å². The zero-order valence-corrected chi connectivity index (χ0v) is 19.7. The lowest BCUT2D eigenvalue weighted by atomic mass is 10.0. The minimum atomic E-state index is -3.58. The molecule has 0 aliphatic carbocycles. The number of carbonyl (C=O) groups excluding carboxylic acids is 1. The second kappa shape index (κ2) is 10.9. The van der Waals surface area contributed by atoms with Gasteiger partial charge in [0, 0.05) is 23.8 Å². The highest BCUT2D eigenvalue weighted by Gasteiger charge is 2.23. The fraction of sp³-hybridized carbons (Fsp3) is 0.200. The van der Waals surface area contributed by atoms with E-state index < -0.39 is 32.7 Å². The summed E-state index contributed by atoms with van der Waals surface area (Å²) in [5, 5.41) is 23.1. The first-order chi connectivity index (χ1) is 16.6. The highest BCUT2D eigenvalue weighted by atomic mass is 32.2. The quantitative estimate of drug-likeness (QED) is 0.315. The van der Waals surface area contributed by atoms with Gasteiger partial charge in [-0.2, -0.15) is 0 Å². The molecule has 10 heteroatoms. The molecular formula is C25H24N2O7S. The number of aromatic carboxylic acids is 1. The first kappa shape index (κ1) is 25.6. The molecule has 0 aliphatic heterocycles. The van der Waals surface area contributed by atoms with Crippen LogP contribution in [0.4, 0.5) is 5.69 Å². The van der Waals surface area contributed by atoms with Gasteiger partial charge in [0.05, 0.1) is 21.9 Å². The predicted molar refractivity (Wildman–Crippen MR) is 130 cm³/mol. The van der Waals surface area contributed by atoms with Crippen LogP contribution in [0.15, 0.2) is 77.7 Å². The predicted octanol–water partition coefficient (Wildman–Crippen LogP) is 4.27. The highest BCUT2D eigenvalue weighted by Crippen LogP contribution is 2.27. The van der Waals surface area contributed by atoms with Gasteiger partial charge in [-0.3, -0.25) is 14.9 Å². The Hall–Kier alpha value is -4.05. The van der Waals surface area contributed by atoms with Gasteiger partial charge in [-0.05, 0) is 47.9 Å². The number of sulfone groups is 1. The molecule has 0 aromatic heterocycles. The maximum atomic E-state index is 12.8. The number of anilines is 1. The van der Waals surface area contributed by atoms with Gasteiger partial charge in [0.1, 0.15) is 0 Å². The Morgan fingerprint density at radius 2 is 1.63 bits per heavy atom. The summed E-state index contributed by atoms with van der Waals surface area (Å²) in [7, 11) is -3.58. The van der Waals surface area contributed by atoms with Crippen LogP contribution >= 0.6 is 0 Å². The van der Waals surface area contributed by atoms with Crippen LogP contribution < -0.4 is 5.32 Å². The number of rotatable bonds is 10. The summed E-state index contributed by atoms with van der Waals surface area (Å²) in [5.74, 6) is -1.93. The van der Waals surface area contributed by atoms with Crippen molar-refractivity contribution in [2.45, 2.75) is 36.5 Å². The molecule has 0 radical (unpaired) electrons. The largest absolute Gasteiger partial charge is 0.478 e. The molecule has 0 heterocycles. The van der Waals surface area contributed by atoms with E-state index in [2.05, 4.69) is 5.32 Å². The van der Waals surface area contributed by atoms with E-state index in [1.54, 1.807) is 42.5 Å². The molecular weight excluding hydrogens is 472 g/mol. The van der Waals surface area contributed by atoms with E-state index in [-0.39, 0.29) is 40.3 Å². The lowest BCUT2D eigenvalue weighted by Gasteiger charge is -2.14. The van der Waals surface area contributed by atoms with Gasteiger partial charge in [-0.15, -0.1) is 0 Å². The van der Waals surface area contributed by atoms with Crippen molar-refractivity contribution in [2.75, 3.05) is 5.32 Å². The van der Waals surface area contributed by atoms with Crippen LogP contribution in [0.2, 0.25) is 0 Å². The van der Waals surface area contributed by atoms with E-state index in [0.717, 1.165) is 0 Å². The van der Waals surface area contributed by atoms with Gasteiger partial charge < -0.3 is 10.4 Å². The molecule has 1 atom stereocenters. The molecule has 0 saturated heterocycles. The molecule has 35 heavy (non-hydrogen) atoms. The van der Waals surface area contributed by atoms with E-state index in [4.69, 9.17) is 0 Å². The van der Waals surface area contributed by atoms with Crippen LogP contribution in [0.5, 0.6) is 0 Å².